The number of nitrogens with two attached hydrogens (primary N) is 1. The summed E-state index contributed by atoms with van der Waals surface area (Å²) < 4.78 is 0.975. The second-order valence-corrected chi connectivity index (χ2v) is 5.47. The summed E-state index contributed by atoms with van der Waals surface area (Å²) in [7, 11) is 1.84. The Morgan fingerprint density at radius 2 is 1.95 bits per heavy atom. The molecule has 2 amide bonds. The first-order valence-electron chi connectivity index (χ1n) is 6.48. The predicted octanol–water partition coefficient (Wildman–Crippen LogP) is 1.26. The summed E-state index contributed by atoms with van der Waals surface area (Å²) in [5.41, 5.74) is 6.18. The number of hydrogen-bond acceptors (Lipinski definition) is 3. The Labute approximate surface area is 127 Å². The smallest absolute Gasteiger partial charge is 0.237 e. The van der Waals surface area contributed by atoms with Gasteiger partial charge in [-0.05, 0) is 37.7 Å². The molecule has 5 nitrogen and oxygen atoms in total. The summed E-state index contributed by atoms with van der Waals surface area (Å²) >= 11 is 3.36. The predicted molar refractivity (Wildman–Crippen MR) is 81.9 cm³/mol. The summed E-state index contributed by atoms with van der Waals surface area (Å²) in [5.74, 6) is -0.550. The van der Waals surface area contributed by atoms with Gasteiger partial charge in [0.15, 0.2) is 0 Å². The van der Waals surface area contributed by atoms with Crippen LogP contribution in [0.2, 0.25) is 0 Å². The van der Waals surface area contributed by atoms with E-state index in [0.29, 0.717) is 13.0 Å². The maximum atomic E-state index is 12.1. The molecule has 0 bridgehead atoms. The van der Waals surface area contributed by atoms with E-state index < -0.39 is 5.91 Å². The maximum Gasteiger partial charge on any atom is 0.237 e. The number of nitrogens with one attached hydrogen (secondary N) is 1. The highest BCUT2D eigenvalue weighted by molar-refractivity contribution is 9.10. The number of amides is 2. The molecule has 0 saturated heterocycles. The van der Waals surface area contributed by atoms with Crippen LogP contribution in [-0.2, 0) is 16.1 Å². The van der Waals surface area contributed by atoms with E-state index in [1.165, 1.54) is 4.90 Å². The van der Waals surface area contributed by atoms with Gasteiger partial charge in [-0.15, -0.1) is 0 Å². The molecule has 0 aliphatic carbocycles. The van der Waals surface area contributed by atoms with Crippen LogP contribution >= 0.6 is 15.9 Å². The molecule has 1 aromatic carbocycles. The number of primary amides is 1. The first kappa shape index (κ1) is 16.7. The van der Waals surface area contributed by atoms with E-state index in [9.17, 15) is 9.59 Å². The minimum Gasteiger partial charge on any atom is -0.368 e. The number of benzene rings is 1. The SMILES string of the molecule is CNCCCC(=O)N(CC(N)=O)Cc1ccc(Br)cc1. The minimum atomic E-state index is -0.496. The highest BCUT2D eigenvalue weighted by atomic mass is 79.9. The normalized spacial score (nSPS) is 10.3. The lowest BCUT2D eigenvalue weighted by molar-refractivity contribution is -0.135. The van der Waals surface area contributed by atoms with Crippen LogP contribution in [0.5, 0.6) is 0 Å². The van der Waals surface area contributed by atoms with Gasteiger partial charge in [0.1, 0.15) is 0 Å². The molecule has 6 heteroatoms. The number of halogens is 1. The van der Waals surface area contributed by atoms with E-state index in [4.69, 9.17) is 5.73 Å². The van der Waals surface area contributed by atoms with Crippen molar-refractivity contribution in [3.05, 3.63) is 34.3 Å². The number of rotatable bonds is 8. The van der Waals surface area contributed by atoms with Gasteiger partial charge in [0.2, 0.25) is 11.8 Å². The quantitative estimate of drug-likeness (QED) is 0.699. The van der Waals surface area contributed by atoms with Gasteiger partial charge in [-0.1, -0.05) is 28.1 Å². The lowest BCUT2D eigenvalue weighted by Gasteiger charge is -2.21. The van der Waals surface area contributed by atoms with E-state index in [-0.39, 0.29) is 12.5 Å². The van der Waals surface area contributed by atoms with Gasteiger partial charge in [-0.25, -0.2) is 0 Å². The van der Waals surface area contributed by atoms with Crippen molar-refractivity contribution in [1.29, 1.82) is 0 Å². The van der Waals surface area contributed by atoms with Gasteiger partial charge < -0.3 is 16.0 Å². The molecule has 0 saturated carbocycles. The van der Waals surface area contributed by atoms with Crippen LogP contribution in [0, 0.1) is 0 Å². The molecule has 0 spiro atoms. The first-order chi connectivity index (χ1) is 9.52. The zero-order chi connectivity index (χ0) is 15.0. The van der Waals surface area contributed by atoms with E-state index in [1.54, 1.807) is 0 Å². The zero-order valence-electron chi connectivity index (χ0n) is 11.6. The van der Waals surface area contributed by atoms with Gasteiger partial charge >= 0.3 is 0 Å². The van der Waals surface area contributed by atoms with Crippen molar-refractivity contribution in [3.8, 4) is 0 Å². The molecular formula is C14H20BrN3O2. The molecule has 1 rings (SSSR count). The van der Waals surface area contributed by atoms with E-state index >= 15 is 0 Å². The van der Waals surface area contributed by atoms with Crippen LogP contribution in [0.3, 0.4) is 0 Å². The fourth-order valence-corrected chi connectivity index (χ4v) is 2.07. The molecule has 3 N–H and O–H groups in total. The minimum absolute atomic E-state index is 0.0472. The van der Waals surface area contributed by atoms with Gasteiger partial charge in [0.25, 0.3) is 0 Å². The molecule has 0 atom stereocenters. The van der Waals surface area contributed by atoms with Crippen molar-refractivity contribution in [3.63, 3.8) is 0 Å². The maximum absolute atomic E-state index is 12.1. The number of carbonyl (C=O) groups excluding carboxylic acids is 2. The highest BCUT2D eigenvalue weighted by Crippen LogP contribution is 2.13. The summed E-state index contributed by atoms with van der Waals surface area (Å²) in [6.45, 7) is 1.12. The molecule has 0 aromatic heterocycles. The molecule has 0 fully saturated rings. The van der Waals surface area contributed by atoms with Gasteiger partial charge in [-0.3, -0.25) is 9.59 Å². The van der Waals surface area contributed by atoms with Crippen LogP contribution in [0.15, 0.2) is 28.7 Å². The van der Waals surface area contributed by atoms with Crippen molar-refractivity contribution in [2.45, 2.75) is 19.4 Å². The molecule has 0 aliphatic heterocycles. The number of nitrogens with zero attached hydrogens (tertiary/aromatic N) is 1. The van der Waals surface area contributed by atoms with Crippen LogP contribution in [0.1, 0.15) is 18.4 Å². The van der Waals surface area contributed by atoms with Crippen LogP contribution in [0.25, 0.3) is 0 Å². The summed E-state index contributed by atoms with van der Waals surface area (Å²) in [6.07, 6.45) is 1.15. The average Bonchev–Trinajstić information content (AvgIpc) is 2.40. The van der Waals surface area contributed by atoms with Crippen molar-refractivity contribution in [1.82, 2.24) is 10.2 Å². The van der Waals surface area contributed by atoms with E-state index in [1.807, 2.05) is 31.3 Å². The third-order valence-electron chi connectivity index (χ3n) is 2.80. The summed E-state index contributed by atoms with van der Waals surface area (Å²) in [5, 5.41) is 2.99. The largest absolute Gasteiger partial charge is 0.368 e. The third-order valence-corrected chi connectivity index (χ3v) is 3.33. The second-order valence-electron chi connectivity index (χ2n) is 4.55. The Morgan fingerprint density at radius 1 is 1.30 bits per heavy atom. The van der Waals surface area contributed by atoms with Gasteiger partial charge in [0, 0.05) is 17.4 Å². The molecule has 110 valence electrons. The summed E-state index contributed by atoms with van der Waals surface area (Å²) in [4.78, 5) is 24.7. The average molecular weight is 342 g/mol. The molecule has 0 radical (unpaired) electrons. The van der Waals surface area contributed by atoms with Crippen molar-refractivity contribution in [2.24, 2.45) is 5.73 Å². The number of hydrogen-bond donors (Lipinski definition) is 2. The van der Waals surface area contributed by atoms with E-state index in [0.717, 1.165) is 23.0 Å². The second kappa shape index (κ2) is 8.71. The fourth-order valence-electron chi connectivity index (χ4n) is 1.81. The molecular weight excluding hydrogens is 322 g/mol. The van der Waals surface area contributed by atoms with Crippen LogP contribution < -0.4 is 11.1 Å². The van der Waals surface area contributed by atoms with E-state index in [2.05, 4.69) is 21.2 Å². The molecule has 0 aliphatic rings. The van der Waals surface area contributed by atoms with Gasteiger partial charge in [0.05, 0.1) is 6.54 Å². The number of carbonyl (C=O) groups is 2. The Balaban J connectivity index is 2.65. The topological polar surface area (TPSA) is 75.4 Å². The third kappa shape index (κ3) is 6.16. The standard InChI is InChI=1S/C14H20BrN3O2/c1-17-8-2-3-14(20)18(10-13(16)19)9-11-4-6-12(15)7-5-11/h4-7,17H,2-3,8-10H2,1H3,(H2,16,19). The molecule has 0 heterocycles. The van der Waals surface area contributed by atoms with Gasteiger partial charge in [-0.2, -0.15) is 0 Å². The first-order valence-corrected chi connectivity index (χ1v) is 7.27. The van der Waals surface area contributed by atoms with Crippen LogP contribution in [0.4, 0.5) is 0 Å². The monoisotopic (exact) mass is 341 g/mol. The Kier molecular flexibility index (Phi) is 7.25. The van der Waals surface area contributed by atoms with Crippen molar-refractivity contribution >= 4 is 27.7 Å². The van der Waals surface area contributed by atoms with Crippen molar-refractivity contribution in [2.75, 3.05) is 20.1 Å². The molecule has 20 heavy (non-hydrogen) atoms. The summed E-state index contributed by atoms with van der Waals surface area (Å²) in [6, 6.07) is 7.64. The Hall–Kier alpha value is -1.40. The van der Waals surface area contributed by atoms with Crippen molar-refractivity contribution < 1.29 is 9.59 Å². The van der Waals surface area contributed by atoms with Crippen LogP contribution in [-0.4, -0.2) is 36.9 Å². The molecule has 1 aromatic rings. The fraction of sp³-hybridized carbons (Fsp3) is 0.429. The lowest BCUT2D eigenvalue weighted by atomic mass is 10.2. The Bertz CT molecular complexity index is 448. The zero-order valence-corrected chi connectivity index (χ0v) is 13.1. The highest BCUT2D eigenvalue weighted by Gasteiger charge is 2.15. The lowest BCUT2D eigenvalue weighted by Crippen LogP contribution is -2.38. The Morgan fingerprint density at radius 3 is 2.50 bits per heavy atom. The molecule has 0 unspecified atom stereocenters.